The molecular formula is C17H19FN3O4+. The van der Waals surface area contributed by atoms with E-state index in [9.17, 15) is 19.3 Å². The van der Waals surface area contributed by atoms with Crippen molar-refractivity contribution in [2.75, 3.05) is 26.0 Å². The van der Waals surface area contributed by atoms with Gasteiger partial charge in [0.15, 0.2) is 18.1 Å². The molecule has 0 saturated heterocycles. The van der Waals surface area contributed by atoms with Gasteiger partial charge >= 0.3 is 0 Å². The second-order valence-electron chi connectivity index (χ2n) is 5.60. The zero-order valence-electron chi connectivity index (χ0n) is 13.9. The molecule has 0 heterocycles. The highest BCUT2D eigenvalue weighted by Gasteiger charge is 2.17. The average molecular weight is 348 g/mol. The molecule has 2 aromatic rings. The Morgan fingerprint density at radius 3 is 2.68 bits per heavy atom. The maximum absolute atomic E-state index is 13.7. The van der Waals surface area contributed by atoms with E-state index in [2.05, 4.69) is 5.32 Å². The molecular weight excluding hydrogens is 329 g/mol. The Morgan fingerprint density at radius 1 is 1.32 bits per heavy atom. The summed E-state index contributed by atoms with van der Waals surface area (Å²) in [6.07, 6.45) is 0. The fraction of sp³-hybridized carbons (Fsp3) is 0.235. The number of anilines is 1. The van der Waals surface area contributed by atoms with E-state index in [0.29, 0.717) is 12.1 Å². The lowest BCUT2D eigenvalue weighted by Crippen LogP contribution is -3.08. The molecule has 0 bridgehead atoms. The first-order valence-electron chi connectivity index (χ1n) is 7.57. The zero-order chi connectivity index (χ0) is 18.4. The molecule has 2 N–H and O–H groups in total. The normalized spacial score (nSPS) is 11.6. The second-order valence-corrected chi connectivity index (χ2v) is 5.60. The Morgan fingerprint density at radius 2 is 2.04 bits per heavy atom. The van der Waals surface area contributed by atoms with Crippen LogP contribution in [-0.4, -0.2) is 31.5 Å². The summed E-state index contributed by atoms with van der Waals surface area (Å²) in [5.41, 5.74) is 0.709. The summed E-state index contributed by atoms with van der Waals surface area (Å²) in [5, 5.41) is 13.5. The summed E-state index contributed by atoms with van der Waals surface area (Å²) >= 11 is 0. The van der Waals surface area contributed by atoms with Gasteiger partial charge in [-0.1, -0.05) is 12.1 Å². The van der Waals surface area contributed by atoms with Gasteiger partial charge in [0.2, 0.25) is 0 Å². The van der Waals surface area contributed by atoms with Crippen molar-refractivity contribution in [3.05, 3.63) is 64.0 Å². The van der Waals surface area contributed by atoms with Crippen molar-refractivity contribution in [1.82, 2.24) is 0 Å². The predicted octanol–water partition coefficient (Wildman–Crippen LogP) is 1.40. The van der Waals surface area contributed by atoms with Gasteiger partial charge in [-0.15, -0.1) is 0 Å². The number of ether oxygens (including phenoxy) is 1. The highest BCUT2D eigenvalue weighted by molar-refractivity contribution is 5.93. The first kappa shape index (κ1) is 18.3. The van der Waals surface area contributed by atoms with E-state index >= 15 is 0 Å². The van der Waals surface area contributed by atoms with Crippen molar-refractivity contribution in [3.63, 3.8) is 0 Å². The Balaban J connectivity index is 1.96. The van der Waals surface area contributed by atoms with Crippen molar-refractivity contribution in [2.24, 2.45) is 0 Å². The lowest BCUT2D eigenvalue weighted by atomic mass is 10.2. The third-order valence-corrected chi connectivity index (χ3v) is 3.56. The van der Waals surface area contributed by atoms with E-state index in [1.807, 2.05) is 0 Å². The van der Waals surface area contributed by atoms with Gasteiger partial charge in [0.05, 0.1) is 19.1 Å². The lowest BCUT2D eigenvalue weighted by Gasteiger charge is -2.14. The molecule has 1 amide bonds. The molecule has 8 heteroatoms. The smallest absolute Gasteiger partial charge is 0.292 e. The number of hydrogen-bond acceptors (Lipinski definition) is 4. The van der Waals surface area contributed by atoms with Crippen LogP contribution < -0.4 is 15.0 Å². The van der Waals surface area contributed by atoms with E-state index in [4.69, 9.17) is 4.74 Å². The van der Waals surface area contributed by atoms with Crippen LogP contribution in [0.3, 0.4) is 0 Å². The van der Waals surface area contributed by atoms with E-state index in [0.717, 1.165) is 4.90 Å². The molecule has 0 aliphatic rings. The molecule has 2 rings (SSSR count). The SMILES string of the molecule is COc1ccc(C[NH+](C)CC(=O)Nc2ccccc2[N+](=O)[O-])cc1F. The second kappa shape index (κ2) is 8.20. The standard InChI is InChI=1S/C17H18FN3O4/c1-20(10-12-7-8-16(25-2)13(18)9-12)11-17(22)19-14-5-3-4-6-15(14)21(23)24/h3-9H,10-11H2,1-2H3,(H,19,22)/p+1. The van der Waals surface area contributed by atoms with Gasteiger partial charge in [0.25, 0.3) is 11.6 Å². The van der Waals surface area contributed by atoms with E-state index in [-0.39, 0.29) is 29.6 Å². The van der Waals surface area contributed by atoms with Crippen LogP contribution in [0.25, 0.3) is 0 Å². The summed E-state index contributed by atoms with van der Waals surface area (Å²) in [5.74, 6) is -0.659. The Hall–Kier alpha value is -3.00. The first-order chi connectivity index (χ1) is 11.9. The number of nitrogens with zero attached hydrogens (tertiary/aromatic N) is 1. The third-order valence-electron chi connectivity index (χ3n) is 3.56. The Labute approximate surface area is 144 Å². The van der Waals surface area contributed by atoms with Gasteiger partial charge in [-0.05, 0) is 24.3 Å². The quantitative estimate of drug-likeness (QED) is 0.585. The van der Waals surface area contributed by atoms with Gasteiger partial charge in [-0.3, -0.25) is 14.9 Å². The minimum absolute atomic E-state index is 0.0830. The van der Waals surface area contributed by atoms with Crippen molar-refractivity contribution in [2.45, 2.75) is 6.54 Å². The number of nitro groups is 1. The Kier molecular flexibility index (Phi) is 6.02. The molecule has 0 radical (unpaired) electrons. The van der Waals surface area contributed by atoms with Crippen LogP contribution in [0.4, 0.5) is 15.8 Å². The predicted molar refractivity (Wildman–Crippen MR) is 90.1 cm³/mol. The summed E-state index contributed by atoms with van der Waals surface area (Å²) < 4.78 is 18.6. The van der Waals surface area contributed by atoms with Gasteiger partial charge in [0, 0.05) is 11.6 Å². The highest BCUT2D eigenvalue weighted by atomic mass is 19.1. The first-order valence-corrected chi connectivity index (χ1v) is 7.57. The number of likely N-dealkylation sites (N-methyl/N-ethyl adjacent to an activating group) is 1. The molecule has 25 heavy (non-hydrogen) atoms. The maximum Gasteiger partial charge on any atom is 0.292 e. The van der Waals surface area contributed by atoms with E-state index in [1.54, 1.807) is 19.2 Å². The number of hydrogen-bond donors (Lipinski definition) is 2. The molecule has 0 aromatic heterocycles. The summed E-state index contributed by atoms with van der Waals surface area (Å²) in [7, 11) is 3.17. The van der Waals surface area contributed by atoms with Crippen LogP contribution in [0, 0.1) is 15.9 Å². The molecule has 132 valence electrons. The van der Waals surface area contributed by atoms with Gasteiger partial charge in [-0.2, -0.15) is 0 Å². The number of para-hydroxylation sites is 2. The van der Waals surface area contributed by atoms with Gasteiger partial charge < -0.3 is 15.0 Å². The number of carbonyl (C=O) groups excluding carboxylic acids is 1. The van der Waals surface area contributed by atoms with Crippen LogP contribution in [-0.2, 0) is 11.3 Å². The summed E-state index contributed by atoms with van der Waals surface area (Å²) in [4.78, 5) is 23.3. The largest absolute Gasteiger partial charge is 0.494 e. The minimum atomic E-state index is -0.549. The van der Waals surface area contributed by atoms with Crippen molar-refractivity contribution < 1.29 is 23.7 Å². The number of amides is 1. The monoisotopic (exact) mass is 348 g/mol. The number of methoxy groups -OCH3 is 1. The van der Waals surface area contributed by atoms with Crippen LogP contribution >= 0.6 is 0 Å². The highest BCUT2D eigenvalue weighted by Crippen LogP contribution is 2.22. The van der Waals surface area contributed by atoms with Gasteiger partial charge in [-0.25, -0.2) is 4.39 Å². The number of quaternary nitrogens is 1. The van der Waals surface area contributed by atoms with Crippen LogP contribution in [0.1, 0.15) is 5.56 Å². The van der Waals surface area contributed by atoms with Crippen LogP contribution in [0.15, 0.2) is 42.5 Å². The third kappa shape index (κ3) is 4.98. The topological polar surface area (TPSA) is 85.9 Å². The minimum Gasteiger partial charge on any atom is -0.494 e. The number of rotatable bonds is 7. The molecule has 0 fully saturated rings. The number of benzene rings is 2. The molecule has 7 nitrogen and oxygen atoms in total. The van der Waals surface area contributed by atoms with Gasteiger partial charge in [0.1, 0.15) is 12.2 Å². The van der Waals surface area contributed by atoms with Crippen molar-refractivity contribution >= 4 is 17.3 Å². The molecule has 1 atom stereocenters. The summed E-state index contributed by atoms with van der Waals surface area (Å²) in [6, 6.07) is 10.6. The fourth-order valence-corrected chi connectivity index (χ4v) is 2.44. The summed E-state index contributed by atoms with van der Waals surface area (Å²) in [6.45, 7) is 0.505. The zero-order valence-corrected chi connectivity index (χ0v) is 13.9. The fourth-order valence-electron chi connectivity index (χ4n) is 2.44. The van der Waals surface area contributed by atoms with Crippen LogP contribution in [0.5, 0.6) is 5.75 Å². The lowest BCUT2D eigenvalue weighted by molar-refractivity contribution is -0.885. The molecule has 0 aliphatic carbocycles. The number of nitro benzene ring substituents is 1. The van der Waals surface area contributed by atoms with E-state index < -0.39 is 10.7 Å². The van der Waals surface area contributed by atoms with Crippen molar-refractivity contribution in [3.8, 4) is 5.75 Å². The molecule has 1 unspecified atom stereocenters. The van der Waals surface area contributed by atoms with Crippen LogP contribution in [0.2, 0.25) is 0 Å². The number of carbonyl (C=O) groups is 1. The molecule has 0 aliphatic heterocycles. The number of halogens is 1. The molecule has 0 spiro atoms. The number of nitrogens with one attached hydrogen (secondary N) is 2. The Bertz CT molecular complexity index is 782. The average Bonchev–Trinajstić information content (AvgIpc) is 2.55. The van der Waals surface area contributed by atoms with E-state index in [1.165, 1.54) is 37.4 Å². The maximum atomic E-state index is 13.7. The van der Waals surface area contributed by atoms with Crippen molar-refractivity contribution in [1.29, 1.82) is 0 Å². The molecule has 0 saturated carbocycles. The molecule has 2 aromatic carbocycles.